The lowest BCUT2D eigenvalue weighted by Gasteiger charge is -2.29. The average molecular weight is 381 g/mol. The Hall–Kier alpha value is -1.83. The van der Waals surface area contributed by atoms with Gasteiger partial charge in [0.15, 0.2) is 0 Å². The van der Waals surface area contributed by atoms with E-state index in [9.17, 15) is 4.79 Å². The predicted molar refractivity (Wildman–Crippen MR) is 86.1 cm³/mol. The smallest absolute Gasteiger partial charge is 0.412 e. The van der Waals surface area contributed by atoms with Crippen LogP contribution in [0.15, 0.2) is 16.6 Å². The standard InChI is InChI=1S/C15H17BrN4O3/c16-13-12(22-9-23-15(21)19-6-1-7-19)5-4-11-14(13)17-18-20(11)8-10-2-3-10/h4-5,10H,1-3,6-9H2. The molecule has 0 N–H and O–H groups in total. The number of likely N-dealkylation sites (tertiary alicyclic amines) is 1. The van der Waals surface area contributed by atoms with E-state index in [2.05, 4.69) is 26.2 Å². The van der Waals surface area contributed by atoms with Crippen LogP contribution in [0.5, 0.6) is 5.75 Å². The molecule has 0 unspecified atom stereocenters. The summed E-state index contributed by atoms with van der Waals surface area (Å²) in [4.78, 5) is 13.3. The van der Waals surface area contributed by atoms with Gasteiger partial charge in [0.25, 0.3) is 0 Å². The fourth-order valence-corrected chi connectivity index (χ4v) is 3.04. The topological polar surface area (TPSA) is 69.5 Å². The Balaban J connectivity index is 1.42. The van der Waals surface area contributed by atoms with Crippen LogP contribution in [0.1, 0.15) is 19.3 Å². The molecule has 1 saturated carbocycles. The minimum Gasteiger partial charge on any atom is -0.456 e. The Kier molecular flexibility index (Phi) is 3.84. The molecule has 0 bridgehead atoms. The summed E-state index contributed by atoms with van der Waals surface area (Å²) in [5.41, 5.74) is 1.74. The molecule has 2 heterocycles. The van der Waals surface area contributed by atoms with Gasteiger partial charge in [-0.1, -0.05) is 5.21 Å². The van der Waals surface area contributed by atoms with E-state index in [1.807, 2.05) is 16.8 Å². The van der Waals surface area contributed by atoms with Crippen molar-refractivity contribution < 1.29 is 14.3 Å². The van der Waals surface area contributed by atoms with Crippen LogP contribution in [0, 0.1) is 5.92 Å². The first-order valence-corrected chi connectivity index (χ1v) is 8.58. The number of carbonyl (C=O) groups is 1. The summed E-state index contributed by atoms with van der Waals surface area (Å²) in [7, 11) is 0. The van der Waals surface area contributed by atoms with E-state index in [4.69, 9.17) is 9.47 Å². The van der Waals surface area contributed by atoms with Gasteiger partial charge in [0, 0.05) is 19.6 Å². The van der Waals surface area contributed by atoms with Gasteiger partial charge in [-0.2, -0.15) is 0 Å². The zero-order chi connectivity index (χ0) is 15.8. The lowest BCUT2D eigenvalue weighted by Crippen LogP contribution is -2.42. The summed E-state index contributed by atoms with van der Waals surface area (Å²) >= 11 is 3.51. The first kappa shape index (κ1) is 14.7. The van der Waals surface area contributed by atoms with Crippen LogP contribution >= 0.6 is 15.9 Å². The van der Waals surface area contributed by atoms with Crippen LogP contribution in [0.2, 0.25) is 0 Å². The van der Waals surface area contributed by atoms with Gasteiger partial charge < -0.3 is 14.4 Å². The number of hydrogen-bond donors (Lipinski definition) is 0. The van der Waals surface area contributed by atoms with E-state index < -0.39 is 0 Å². The van der Waals surface area contributed by atoms with Gasteiger partial charge in [-0.3, -0.25) is 0 Å². The molecule has 2 fully saturated rings. The fraction of sp³-hybridized carbons (Fsp3) is 0.533. The van der Waals surface area contributed by atoms with Crippen molar-refractivity contribution in [2.24, 2.45) is 5.92 Å². The number of hydrogen-bond acceptors (Lipinski definition) is 5. The molecule has 0 spiro atoms. The molecule has 8 heteroatoms. The molecule has 23 heavy (non-hydrogen) atoms. The maximum atomic E-state index is 11.6. The van der Waals surface area contributed by atoms with E-state index in [1.54, 1.807) is 4.90 Å². The fourth-order valence-electron chi connectivity index (χ4n) is 2.51. The molecule has 1 saturated heterocycles. The molecule has 122 valence electrons. The Morgan fingerprint density at radius 1 is 1.35 bits per heavy atom. The van der Waals surface area contributed by atoms with Gasteiger partial charge >= 0.3 is 6.09 Å². The monoisotopic (exact) mass is 380 g/mol. The number of benzene rings is 1. The van der Waals surface area contributed by atoms with Crippen molar-refractivity contribution in [1.29, 1.82) is 0 Å². The van der Waals surface area contributed by atoms with Crippen molar-refractivity contribution in [3.63, 3.8) is 0 Å². The summed E-state index contributed by atoms with van der Waals surface area (Å²) in [6.07, 6.45) is 3.25. The van der Waals surface area contributed by atoms with Gasteiger partial charge in [-0.15, -0.1) is 5.10 Å². The zero-order valence-corrected chi connectivity index (χ0v) is 14.2. The maximum absolute atomic E-state index is 11.6. The second-order valence-electron chi connectivity index (χ2n) is 5.97. The quantitative estimate of drug-likeness (QED) is 0.745. The third-order valence-corrected chi connectivity index (χ3v) is 5.00. The molecule has 0 atom stereocenters. The van der Waals surface area contributed by atoms with Crippen LogP contribution in [-0.2, 0) is 11.3 Å². The summed E-state index contributed by atoms with van der Waals surface area (Å²) in [5.74, 6) is 1.32. The first-order valence-electron chi connectivity index (χ1n) is 7.78. The minimum atomic E-state index is -0.330. The highest BCUT2D eigenvalue weighted by atomic mass is 79.9. The molecule has 1 aliphatic heterocycles. The highest BCUT2D eigenvalue weighted by Crippen LogP contribution is 2.34. The number of ether oxygens (including phenoxy) is 2. The average Bonchev–Trinajstić information content (AvgIpc) is 3.19. The lowest BCUT2D eigenvalue weighted by molar-refractivity contribution is 0.0233. The van der Waals surface area contributed by atoms with Gasteiger partial charge in [-0.25, -0.2) is 9.48 Å². The van der Waals surface area contributed by atoms with E-state index in [-0.39, 0.29) is 12.9 Å². The zero-order valence-electron chi connectivity index (χ0n) is 12.6. The Morgan fingerprint density at radius 3 is 2.87 bits per heavy atom. The summed E-state index contributed by atoms with van der Waals surface area (Å²) in [5, 5.41) is 8.44. The SMILES string of the molecule is O=C(OCOc1ccc2c(nnn2CC2CC2)c1Br)N1CCC1. The van der Waals surface area contributed by atoms with Crippen molar-refractivity contribution in [3.05, 3.63) is 16.6 Å². The van der Waals surface area contributed by atoms with Gasteiger partial charge in [0.05, 0.1) is 9.99 Å². The van der Waals surface area contributed by atoms with E-state index >= 15 is 0 Å². The third kappa shape index (κ3) is 2.99. The highest BCUT2D eigenvalue weighted by molar-refractivity contribution is 9.10. The van der Waals surface area contributed by atoms with Crippen LogP contribution in [0.25, 0.3) is 11.0 Å². The van der Waals surface area contributed by atoms with Crippen LogP contribution < -0.4 is 4.74 Å². The molecule has 7 nitrogen and oxygen atoms in total. The summed E-state index contributed by atoms with van der Waals surface area (Å²) in [6, 6.07) is 3.78. The number of carbonyl (C=O) groups excluding carboxylic acids is 1. The molecule has 1 aliphatic carbocycles. The molecule has 2 aromatic rings. The van der Waals surface area contributed by atoms with Crippen LogP contribution in [0.4, 0.5) is 4.79 Å². The molecule has 1 aromatic carbocycles. The number of aromatic nitrogens is 3. The maximum Gasteiger partial charge on any atom is 0.412 e. The number of rotatable bonds is 5. The number of halogens is 1. The Labute approximate surface area is 141 Å². The van der Waals surface area contributed by atoms with Crippen LogP contribution in [0.3, 0.4) is 0 Å². The van der Waals surface area contributed by atoms with Gasteiger partial charge in [0.1, 0.15) is 11.3 Å². The second kappa shape index (κ2) is 5.99. The number of fused-ring (bicyclic) bond motifs is 1. The molecular formula is C15H17BrN4O3. The third-order valence-electron chi connectivity index (χ3n) is 4.23. The second-order valence-corrected chi connectivity index (χ2v) is 6.77. The Bertz CT molecular complexity index is 740. The van der Waals surface area contributed by atoms with Crippen LogP contribution in [-0.4, -0.2) is 45.9 Å². The van der Waals surface area contributed by atoms with Gasteiger partial charge in [-0.05, 0) is 53.2 Å². The molecule has 4 rings (SSSR count). The first-order chi connectivity index (χ1) is 11.2. The molecule has 1 aromatic heterocycles. The number of nitrogens with zero attached hydrogens (tertiary/aromatic N) is 4. The van der Waals surface area contributed by atoms with E-state index in [0.29, 0.717) is 5.75 Å². The molecular weight excluding hydrogens is 364 g/mol. The van der Waals surface area contributed by atoms with Crippen molar-refractivity contribution >= 4 is 33.1 Å². The van der Waals surface area contributed by atoms with E-state index in [0.717, 1.165) is 47.5 Å². The minimum absolute atomic E-state index is 0.115. The molecule has 1 amide bonds. The van der Waals surface area contributed by atoms with E-state index in [1.165, 1.54) is 12.8 Å². The van der Waals surface area contributed by atoms with Crippen molar-refractivity contribution in [3.8, 4) is 5.75 Å². The highest BCUT2D eigenvalue weighted by Gasteiger charge is 2.24. The number of amides is 1. The normalized spacial score (nSPS) is 17.2. The van der Waals surface area contributed by atoms with Crippen molar-refractivity contribution in [1.82, 2.24) is 19.9 Å². The Morgan fingerprint density at radius 2 is 2.17 bits per heavy atom. The summed E-state index contributed by atoms with van der Waals surface area (Å²) < 4.78 is 13.3. The van der Waals surface area contributed by atoms with Crippen molar-refractivity contribution in [2.75, 3.05) is 19.9 Å². The summed E-state index contributed by atoms with van der Waals surface area (Å²) in [6.45, 7) is 2.32. The molecule has 0 radical (unpaired) electrons. The van der Waals surface area contributed by atoms with Gasteiger partial charge in [0.2, 0.25) is 6.79 Å². The largest absolute Gasteiger partial charge is 0.456 e. The molecule has 2 aliphatic rings. The predicted octanol–water partition coefficient (Wildman–Crippen LogP) is 2.78. The lowest BCUT2D eigenvalue weighted by atomic mass is 10.2. The van der Waals surface area contributed by atoms with Crippen molar-refractivity contribution in [2.45, 2.75) is 25.8 Å².